The number of fused-ring (bicyclic) bond motifs is 1. The first kappa shape index (κ1) is 17.5. The monoisotopic (exact) mass is 354 g/mol. The van der Waals surface area contributed by atoms with Crippen LogP contribution in [0.2, 0.25) is 0 Å². The molecule has 1 aliphatic heterocycles. The van der Waals surface area contributed by atoms with Gasteiger partial charge in [0.2, 0.25) is 0 Å². The fourth-order valence-electron chi connectivity index (χ4n) is 2.38. The van der Waals surface area contributed by atoms with E-state index in [0.29, 0.717) is 16.8 Å². The molecule has 0 fully saturated rings. The number of nitrogens with one attached hydrogen (secondary N) is 1. The van der Waals surface area contributed by atoms with Gasteiger partial charge in [-0.2, -0.15) is 0 Å². The summed E-state index contributed by atoms with van der Waals surface area (Å²) in [6.07, 6.45) is -0.577. The fraction of sp³-hybridized carbons (Fsp3) is 0.211. The highest BCUT2D eigenvalue weighted by Crippen LogP contribution is 2.25. The van der Waals surface area contributed by atoms with Gasteiger partial charge < -0.3 is 9.57 Å². The van der Waals surface area contributed by atoms with Gasteiger partial charge in [0.15, 0.2) is 5.75 Å². The Bertz CT molecular complexity index is 833. The Kier molecular flexibility index (Phi) is 4.38. The lowest BCUT2D eigenvalue weighted by Gasteiger charge is -2.19. The Hall–Kier alpha value is -3.35. The first-order valence-electron chi connectivity index (χ1n) is 8.00. The second-order valence-corrected chi connectivity index (χ2v) is 6.69. The first-order chi connectivity index (χ1) is 12.2. The minimum atomic E-state index is -0.599. The van der Waals surface area contributed by atoms with Crippen LogP contribution in [0.1, 0.15) is 41.5 Å². The Balaban J connectivity index is 1.66. The number of hydrogen-bond acceptors (Lipinski definition) is 5. The van der Waals surface area contributed by atoms with Crippen molar-refractivity contribution in [3.8, 4) is 5.75 Å². The molecule has 0 aromatic heterocycles. The number of rotatable bonds is 3. The number of carbonyl (C=O) groups is 3. The van der Waals surface area contributed by atoms with E-state index < -0.39 is 23.5 Å². The third-order valence-electron chi connectivity index (χ3n) is 3.45. The van der Waals surface area contributed by atoms with Gasteiger partial charge >= 0.3 is 6.09 Å². The van der Waals surface area contributed by atoms with Gasteiger partial charge in [-0.05, 0) is 57.2 Å². The van der Waals surface area contributed by atoms with Crippen LogP contribution in [0, 0.1) is 0 Å². The lowest BCUT2D eigenvalue weighted by Crippen LogP contribution is -2.33. The van der Waals surface area contributed by atoms with Crippen molar-refractivity contribution in [2.45, 2.75) is 26.4 Å². The molecule has 0 bridgehead atoms. The van der Waals surface area contributed by atoms with Gasteiger partial charge in [-0.1, -0.05) is 17.2 Å². The molecule has 26 heavy (non-hydrogen) atoms. The van der Waals surface area contributed by atoms with Crippen LogP contribution in [0.4, 0.5) is 10.5 Å². The third-order valence-corrected chi connectivity index (χ3v) is 3.45. The lowest BCUT2D eigenvalue weighted by molar-refractivity contribution is -0.0140. The van der Waals surface area contributed by atoms with E-state index in [-0.39, 0.29) is 5.75 Å². The highest BCUT2D eigenvalue weighted by atomic mass is 16.7. The fourth-order valence-corrected chi connectivity index (χ4v) is 2.38. The number of hydroxylamine groups is 2. The van der Waals surface area contributed by atoms with Crippen LogP contribution in [-0.4, -0.2) is 28.6 Å². The van der Waals surface area contributed by atoms with Crippen molar-refractivity contribution >= 4 is 23.6 Å². The van der Waals surface area contributed by atoms with Crippen molar-refractivity contribution in [3.63, 3.8) is 0 Å². The molecule has 0 aliphatic carbocycles. The lowest BCUT2D eigenvalue weighted by atomic mass is 10.1. The molecule has 3 rings (SSSR count). The van der Waals surface area contributed by atoms with Gasteiger partial charge in [0, 0.05) is 5.69 Å². The summed E-state index contributed by atoms with van der Waals surface area (Å²) in [7, 11) is 0. The average Bonchev–Trinajstić information content (AvgIpc) is 2.80. The molecule has 0 spiro atoms. The number of hydrogen-bond donors (Lipinski definition) is 1. The summed E-state index contributed by atoms with van der Waals surface area (Å²) >= 11 is 0. The zero-order chi connectivity index (χ0) is 18.9. The van der Waals surface area contributed by atoms with Crippen LogP contribution < -0.4 is 10.2 Å². The number of carbonyl (C=O) groups excluding carboxylic acids is 3. The molecule has 0 atom stereocenters. The smallest absolute Gasteiger partial charge is 0.412 e. The van der Waals surface area contributed by atoms with E-state index in [2.05, 4.69) is 5.32 Å². The maximum atomic E-state index is 12.3. The summed E-state index contributed by atoms with van der Waals surface area (Å²) < 4.78 is 5.16. The molecule has 2 aromatic rings. The average molecular weight is 354 g/mol. The van der Waals surface area contributed by atoms with Crippen molar-refractivity contribution in [3.05, 3.63) is 59.7 Å². The molecule has 0 radical (unpaired) electrons. The SMILES string of the molecule is CC(C)(C)OC(=O)Nc1ccc(ON2C(=O)c3ccccc3C2=O)cc1. The maximum absolute atomic E-state index is 12.3. The molecule has 2 aromatic carbocycles. The number of amides is 3. The van der Waals surface area contributed by atoms with Gasteiger partial charge in [0.05, 0.1) is 11.1 Å². The van der Waals surface area contributed by atoms with Gasteiger partial charge in [0.1, 0.15) is 5.60 Å². The van der Waals surface area contributed by atoms with E-state index in [1.54, 1.807) is 57.2 Å². The molecule has 7 heteroatoms. The normalized spacial score (nSPS) is 13.4. The molecule has 1 aliphatic rings. The summed E-state index contributed by atoms with van der Waals surface area (Å²) in [5.41, 5.74) is 0.508. The molecule has 134 valence electrons. The zero-order valence-corrected chi connectivity index (χ0v) is 14.6. The van der Waals surface area contributed by atoms with Crippen LogP contribution in [0.5, 0.6) is 5.75 Å². The third kappa shape index (κ3) is 3.66. The standard InChI is InChI=1S/C19H18N2O5/c1-19(2,3)25-18(24)20-12-8-10-13(11-9-12)26-21-16(22)14-6-4-5-7-15(14)17(21)23/h4-11H,1-3H3,(H,20,24). The predicted molar refractivity (Wildman–Crippen MR) is 93.9 cm³/mol. The van der Waals surface area contributed by atoms with Crippen molar-refractivity contribution in [2.75, 3.05) is 5.32 Å². The van der Waals surface area contributed by atoms with Crippen LogP contribution in [0.25, 0.3) is 0 Å². The van der Waals surface area contributed by atoms with E-state index in [9.17, 15) is 14.4 Å². The van der Waals surface area contributed by atoms with Gasteiger partial charge in [0.25, 0.3) is 11.8 Å². The second kappa shape index (κ2) is 6.51. The number of imide groups is 1. The Labute approximate surface area is 150 Å². The molecule has 0 saturated carbocycles. The largest absolute Gasteiger partial charge is 0.444 e. The number of anilines is 1. The summed E-state index contributed by atoms with van der Waals surface area (Å²) in [5, 5.41) is 3.31. The maximum Gasteiger partial charge on any atom is 0.412 e. The molecular formula is C19H18N2O5. The number of benzene rings is 2. The second-order valence-electron chi connectivity index (χ2n) is 6.69. The molecule has 1 heterocycles. The highest BCUT2D eigenvalue weighted by Gasteiger charge is 2.37. The van der Waals surface area contributed by atoms with Crippen molar-refractivity contribution in [1.82, 2.24) is 5.06 Å². The highest BCUT2D eigenvalue weighted by molar-refractivity contribution is 6.20. The molecule has 0 saturated heterocycles. The van der Waals surface area contributed by atoms with Gasteiger partial charge in [-0.15, -0.1) is 0 Å². The quantitative estimate of drug-likeness (QED) is 0.851. The van der Waals surface area contributed by atoms with Crippen molar-refractivity contribution in [2.24, 2.45) is 0 Å². The van der Waals surface area contributed by atoms with E-state index in [1.807, 2.05) is 0 Å². The van der Waals surface area contributed by atoms with Gasteiger partial charge in [-0.25, -0.2) is 4.79 Å². The topological polar surface area (TPSA) is 84.9 Å². The number of nitrogens with zero attached hydrogens (tertiary/aromatic N) is 1. The predicted octanol–water partition coefficient (Wildman–Crippen LogP) is 3.62. The van der Waals surface area contributed by atoms with Crippen LogP contribution in [-0.2, 0) is 4.74 Å². The Morgan fingerprint density at radius 2 is 1.46 bits per heavy atom. The van der Waals surface area contributed by atoms with Crippen LogP contribution >= 0.6 is 0 Å². The minimum Gasteiger partial charge on any atom is -0.444 e. The van der Waals surface area contributed by atoms with E-state index >= 15 is 0 Å². The Morgan fingerprint density at radius 3 is 1.96 bits per heavy atom. The number of ether oxygens (including phenoxy) is 1. The van der Waals surface area contributed by atoms with E-state index in [1.165, 1.54) is 12.1 Å². The first-order valence-corrected chi connectivity index (χ1v) is 8.00. The molecule has 0 unspecified atom stereocenters. The summed E-state index contributed by atoms with van der Waals surface area (Å²) in [4.78, 5) is 41.7. The van der Waals surface area contributed by atoms with Gasteiger partial charge in [-0.3, -0.25) is 14.9 Å². The molecule has 3 amide bonds. The molecular weight excluding hydrogens is 336 g/mol. The van der Waals surface area contributed by atoms with Crippen molar-refractivity contribution < 1.29 is 24.0 Å². The Morgan fingerprint density at radius 1 is 0.923 bits per heavy atom. The molecule has 7 nitrogen and oxygen atoms in total. The van der Waals surface area contributed by atoms with E-state index in [0.717, 1.165) is 5.06 Å². The minimum absolute atomic E-state index is 0.286. The van der Waals surface area contributed by atoms with Crippen molar-refractivity contribution in [1.29, 1.82) is 0 Å². The van der Waals surface area contributed by atoms with E-state index in [4.69, 9.17) is 9.57 Å². The summed E-state index contributed by atoms with van der Waals surface area (Å²) in [6, 6.07) is 12.8. The van der Waals surface area contributed by atoms with Crippen LogP contribution in [0.3, 0.4) is 0 Å². The summed E-state index contributed by atoms with van der Waals surface area (Å²) in [5.74, 6) is -0.739. The van der Waals surface area contributed by atoms with Crippen LogP contribution in [0.15, 0.2) is 48.5 Å². The zero-order valence-electron chi connectivity index (χ0n) is 14.6. The summed E-state index contributed by atoms with van der Waals surface area (Å²) in [6.45, 7) is 5.31. The molecule has 1 N–H and O–H groups in total.